The zero-order chi connectivity index (χ0) is 16.0. The first-order chi connectivity index (χ1) is 11.2. The Hall–Kier alpha value is -2.18. The molecule has 0 N–H and O–H groups in total. The van der Waals surface area contributed by atoms with Crippen LogP contribution < -0.4 is 5.06 Å². The Labute approximate surface area is 138 Å². The fraction of sp³-hybridized carbons (Fsp3) is 0.294. The van der Waals surface area contributed by atoms with Crippen LogP contribution in [0.4, 0.5) is 5.69 Å². The number of hydrogen-bond acceptors (Lipinski definition) is 5. The first-order valence-corrected chi connectivity index (χ1v) is 8.50. The molecule has 1 aromatic carbocycles. The van der Waals surface area contributed by atoms with E-state index in [0.717, 1.165) is 10.6 Å². The number of para-hydroxylation sites is 1. The van der Waals surface area contributed by atoms with Gasteiger partial charge in [-0.05, 0) is 30.5 Å². The molecule has 6 heteroatoms. The van der Waals surface area contributed by atoms with Crippen LogP contribution in [0.1, 0.15) is 17.8 Å². The van der Waals surface area contributed by atoms with Gasteiger partial charge in [0.25, 0.3) is 5.91 Å². The van der Waals surface area contributed by atoms with Crippen LogP contribution >= 0.6 is 11.3 Å². The van der Waals surface area contributed by atoms with Crippen molar-refractivity contribution in [2.45, 2.75) is 19.1 Å². The monoisotopic (exact) mass is 328 g/mol. The number of hydroxylamine groups is 1. The van der Waals surface area contributed by atoms with Crippen molar-refractivity contribution in [2.75, 3.05) is 11.6 Å². The Bertz CT molecular complexity index is 732. The highest BCUT2D eigenvalue weighted by atomic mass is 32.1. The molecule has 2 aliphatic heterocycles. The zero-order valence-electron chi connectivity index (χ0n) is 12.6. The molecule has 2 saturated heterocycles. The Morgan fingerprint density at radius 2 is 1.87 bits per heavy atom. The average molecular weight is 328 g/mol. The molecular formula is C17H16N2O3S. The van der Waals surface area contributed by atoms with Gasteiger partial charge in [0.2, 0.25) is 5.91 Å². The number of fused-ring (bicyclic) bond motifs is 1. The molecule has 5 nitrogen and oxygen atoms in total. The van der Waals surface area contributed by atoms with Gasteiger partial charge in [0, 0.05) is 11.4 Å². The molecule has 2 amide bonds. The molecule has 3 heterocycles. The summed E-state index contributed by atoms with van der Waals surface area (Å²) >= 11 is 1.58. The smallest absolute Gasteiger partial charge is 0.261 e. The third kappa shape index (κ3) is 2.09. The summed E-state index contributed by atoms with van der Waals surface area (Å²) in [7, 11) is 0. The van der Waals surface area contributed by atoms with Crippen molar-refractivity contribution in [3.05, 3.63) is 52.7 Å². The maximum Gasteiger partial charge on any atom is 0.261 e. The molecule has 2 aromatic rings. The fourth-order valence-electron chi connectivity index (χ4n) is 3.33. The lowest BCUT2D eigenvalue weighted by molar-refractivity contribution is -0.142. The highest BCUT2D eigenvalue weighted by Gasteiger charge is 2.59. The number of rotatable bonds is 3. The minimum atomic E-state index is -0.727. The number of thiophene rings is 1. The van der Waals surface area contributed by atoms with Crippen molar-refractivity contribution in [1.82, 2.24) is 4.90 Å². The zero-order valence-corrected chi connectivity index (χ0v) is 13.4. The first kappa shape index (κ1) is 14.4. The number of likely N-dealkylation sites (tertiary alicyclic amines) is 1. The van der Waals surface area contributed by atoms with Crippen molar-refractivity contribution in [2.24, 2.45) is 5.92 Å². The van der Waals surface area contributed by atoms with Crippen molar-refractivity contribution in [3.63, 3.8) is 0 Å². The van der Waals surface area contributed by atoms with Crippen LogP contribution in [0.2, 0.25) is 0 Å². The van der Waals surface area contributed by atoms with Crippen molar-refractivity contribution < 1.29 is 14.4 Å². The Kier molecular flexibility index (Phi) is 3.43. The molecule has 0 spiro atoms. The maximum atomic E-state index is 12.7. The Balaban J connectivity index is 1.79. The quantitative estimate of drug-likeness (QED) is 0.813. The lowest BCUT2D eigenvalue weighted by atomic mass is 9.95. The van der Waals surface area contributed by atoms with Gasteiger partial charge >= 0.3 is 0 Å². The van der Waals surface area contributed by atoms with E-state index in [1.807, 2.05) is 54.8 Å². The molecular weight excluding hydrogens is 312 g/mol. The number of nitrogens with zero attached hydrogens (tertiary/aromatic N) is 2. The van der Waals surface area contributed by atoms with Gasteiger partial charge in [-0.2, -0.15) is 0 Å². The van der Waals surface area contributed by atoms with Gasteiger partial charge < -0.3 is 0 Å². The summed E-state index contributed by atoms with van der Waals surface area (Å²) < 4.78 is 0. The number of benzene rings is 1. The number of anilines is 1. The van der Waals surface area contributed by atoms with Crippen LogP contribution in [-0.4, -0.2) is 29.4 Å². The van der Waals surface area contributed by atoms with E-state index in [0.29, 0.717) is 6.54 Å². The number of amides is 2. The first-order valence-electron chi connectivity index (χ1n) is 7.62. The molecule has 2 aliphatic rings. The molecule has 1 aromatic heterocycles. The summed E-state index contributed by atoms with van der Waals surface area (Å²) in [4.78, 5) is 33.5. The van der Waals surface area contributed by atoms with Crippen LogP contribution in [0.25, 0.3) is 0 Å². The average Bonchev–Trinajstić information content (AvgIpc) is 3.27. The van der Waals surface area contributed by atoms with E-state index in [2.05, 4.69) is 0 Å². The summed E-state index contributed by atoms with van der Waals surface area (Å²) in [5.74, 6) is -0.858. The maximum absolute atomic E-state index is 12.7. The van der Waals surface area contributed by atoms with E-state index in [4.69, 9.17) is 4.84 Å². The molecule has 2 fully saturated rings. The molecule has 3 atom stereocenters. The summed E-state index contributed by atoms with van der Waals surface area (Å²) in [5, 5.41) is 3.70. The molecule has 23 heavy (non-hydrogen) atoms. The van der Waals surface area contributed by atoms with Crippen LogP contribution in [0.15, 0.2) is 47.8 Å². The molecule has 0 bridgehead atoms. The van der Waals surface area contributed by atoms with Crippen LogP contribution in [0.3, 0.4) is 0 Å². The van der Waals surface area contributed by atoms with Crippen molar-refractivity contribution >= 4 is 28.8 Å². The minimum absolute atomic E-state index is 0.140. The minimum Gasteiger partial charge on any atom is -0.280 e. The highest BCUT2D eigenvalue weighted by molar-refractivity contribution is 7.10. The molecule has 4 rings (SSSR count). The van der Waals surface area contributed by atoms with E-state index >= 15 is 0 Å². The normalized spacial score (nSPS) is 26.9. The fourth-order valence-corrected chi connectivity index (χ4v) is 4.18. The third-order valence-corrected chi connectivity index (χ3v) is 5.31. The van der Waals surface area contributed by atoms with Gasteiger partial charge in [-0.15, -0.1) is 11.3 Å². The van der Waals surface area contributed by atoms with E-state index in [1.54, 1.807) is 16.4 Å². The predicted octanol–water partition coefficient (Wildman–Crippen LogP) is 2.61. The molecule has 0 unspecified atom stereocenters. The predicted molar refractivity (Wildman–Crippen MR) is 86.7 cm³/mol. The van der Waals surface area contributed by atoms with Gasteiger partial charge in [0.15, 0.2) is 6.10 Å². The second kappa shape index (κ2) is 5.47. The molecule has 118 valence electrons. The molecule has 0 saturated carbocycles. The van der Waals surface area contributed by atoms with Crippen molar-refractivity contribution in [3.8, 4) is 0 Å². The van der Waals surface area contributed by atoms with E-state index in [9.17, 15) is 9.59 Å². The van der Waals surface area contributed by atoms with E-state index < -0.39 is 12.0 Å². The van der Waals surface area contributed by atoms with Crippen molar-refractivity contribution in [1.29, 1.82) is 0 Å². The summed E-state index contributed by atoms with van der Waals surface area (Å²) in [5.41, 5.74) is 0.851. The van der Waals surface area contributed by atoms with Gasteiger partial charge in [-0.25, -0.2) is 5.06 Å². The number of imide groups is 1. The van der Waals surface area contributed by atoms with Crippen LogP contribution in [-0.2, 0) is 14.4 Å². The molecule has 0 radical (unpaired) electrons. The second-order valence-corrected chi connectivity index (χ2v) is 6.57. The highest BCUT2D eigenvalue weighted by Crippen LogP contribution is 2.47. The largest absolute Gasteiger partial charge is 0.280 e. The standard InChI is InChI=1S/C17H16N2O3S/c1-2-18-16(20)13-14(12-9-6-10-23-12)19(22-15(13)17(18)21)11-7-4-3-5-8-11/h3-10,13-15H,2H2,1H3/t13-,14-,15-/m1/s1. The summed E-state index contributed by atoms with van der Waals surface area (Å²) in [6.45, 7) is 2.20. The van der Waals surface area contributed by atoms with E-state index in [1.165, 1.54) is 4.90 Å². The second-order valence-electron chi connectivity index (χ2n) is 5.59. The van der Waals surface area contributed by atoms with Gasteiger partial charge in [0.1, 0.15) is 12.0 Å². The number of hydrogen-bond donors (Lipinski definition) is 0. The topological polar surface area (TPSA) is 49.9 Å². The van der Waals surface area contributed by atoms with Gasteiger partial charge in [0.05, 0.1) is 5.69 Å². The van der Waals surface area contributed by atoms with Crippen LogP contribution in [0, 0.1) is 5.92 Å². The number of carbonyl (C=O) groups excluding carboxylic acids is 2. The summed E-state index contributed by atoms with van der Waals surface area (Å²) in [6, 6.07) is 13.3. The lowest BCUT2D eigenvalue weighted by Gasteiger charge is -2.27. The number of likely N-dealkylation sites (N-methyl/N-ethyl adjacent to an activating group) is 1. The lowest BCUT2D eigenvalue weighted by Crippen LogP contribution is -2.36. The third-order valence-electron chi connectivity index (χ3n) is 4.37. The van der Waals surface area contributed by atoms with Gasteiger partial charge in [-0.3, -0.25) is 19.3 Å². The van der Waals surface area contributed by atoms with Gasteiger partial charge in [-0.1, -0.05) is 24.3 Å². The van der Waals surface area contributed by atoms with Crippen LogP contribution in [0.5, 0.6) is 0 Å². The Morgan fingerprint density at radius 3 is 2.52 bits per heavy atom. The van der Waals surface area contributed by atoms with E-state index in [-0.39, 0.29) is 17.9 Å². The summed E-state index contributed by atoms with van der Waals surface area (Å²) in [6.07, 6.45) is -0.727. The number of carbonyl (C=O) groups is 2. The SMILES string of the molecule is CCN1C(=O)[C@@H]2[C@@H](c3cccs3)N(c3ccccc3)O[C@H]2C1=O. The Morgan fingerprint density at radius 1 is 1.09 bits per heavy atom. The molecule has 0 aliphatic carbocycles.